The third-order valence-corrected chi connectivity index (χ3v) is 0.811. The van der Waals surface area contributed by atoms with Crippen LogP contribution in [0.4, 0.5) is 0 Å². The van der Waals surface area contributed by atoms with E-state index in [-0.39, 0.29) is 0 Å². The van der Waals surface area contributed by atoms with Gasteiger partial charge >= 0.3 is 0 Å². The van der Waals surface area contributed by atoms with Gasteiger partial charge in [0.1, 0.15) is 0 Å². The third kappa shape index (κ3) is 0.857. The summed E-state index contributed by atoms with van der Waals surface area (Å²) in [5, 5.41) is 7.21. The molecule has 0 aliphatic rings. The highest BCUT2D eigenvalue weighted by Crippen LogP contribution is 1.96. The molecule has 0 spiro atoms. The first-order valence-electron chi connectivity index (χ1n) is 2.47. The summed E-state index contributed by atoms with van der Waals surface area (Å²) < 4.78 is 4.90. The van der Waals surface area contributed by atoms with Crippen molar-refractivity contribution in [2.45, 2.75) is 13.3 Å². The molecule has 0 N–H and O–H groups in total. The van der Waals surface area contributed by atoms with Crippen LogP contribution in [0, 0.1) is 6.92 Å². The summed E-state index contributed by atoms with van der Waals surface area (Å²) in [4.78, 5) is 0. The van der Waals surface area contributed by atoms with Crippen LogP contribution >= 0.6 is 0 Å². The minimum absolute atomic E-state index is 0.391. The summed E-state index contributed by atoms with van der Waals surface area (Å²) in [5.41, 5.74) is 0. The number of aryl methyl sites for hydroxylation is 1. The third-order valence-electron chi connectivity index (χ3n) is 0.811. The van der Waals surface area contributed by atoms with Crippen LogP contribution in [0.25, 0.3) is 0 Å². The highest BCUT2D eigenvalue weighted by atomic mass is 16.4. The Morgan fingerprint density at radius 3 is 2.62 bits per heavy atom. The molecule has 0 aliphatic carbocycles. The first kappa shape index (κ1) is 5.28. The van der Waals surface area contributed by atoms with E-state index in [0.29, 0.717) is 11.8 Å². The van der Waals surface area contributed by atoms with Crippen molar-refractivity contribution in [3.63, 3.8) is 0 Å². The molecule has 1 aromatic rings. The average Bonchev–Trinajstić information content (AvgIpc) is 2.14. The maximum Gasteiger partial charge on any atom is 0.217 e. The van der Waals surface area contributed by atoms with E-state index in [9.17, 15) is 0 Å². The molecule has 0 atom stereocenters. The zero-order valence-corrected chi connectivity index (χ0v) is 4.72. The molecular formula is C5H7N2O. The van der Waals surface area contributed by atoms with E-state index in [1.807, 2.05) is 6.92 Å². The smallest absolute Gasteiger partial charge is 0.217 e. The van der Waals surface area contributed by atoms with Crippen LogP contribution in [0.15, 0.2) is 4.42 Å². The van der Waals surface area contributed by atoms with Gasteiger partial charge in [-0.1, -0.05) is 6.92 Å². The molecule has 1 radical (unpaired) electrons. The van der Waals surface area contributed by atoms with Gasteiger partial charge in [0.05, 0.1) is 0 Å². The first-order valence-corrected chi connectivity index (χ1v) is 2.47. The summed E-state index contributed by atoms with van der Waals surface area (Å²) in [5.74, 6) is 1.04. The Kier molecular flexibility index (Phi) is 1.28. The van der Waals surface area contributed by atoms with Gasteiger partial charge in [-0.3, -0.25) is 0 Å². The SMILES string of the molecule is [CH2]c1nnc(CC)o1. The summed E-state index contributed by atoms with van der Waals surface area (Å²) in [7, 11) is 0. The fourth-order valence-corrected chi connectivity index (χ4v) is 0.431. The standard InChI is InChI=1S/C5H7N2O/c1-3-5-7-6-4(2)8-5/h2-3H2,1H3. The zero-order chi connectivity index (χ0) is 5.98. The van der Waals surface area contributed by atoms with Gasteiger partial charge in [0.25, 0.3) is 0 Å². The molecule has 0 aliphatic heterocycles. The Hall–Kier alpha value is -0.860. The summed E-state index contributed by atoms with van der Waals surface area (Å²) >= 11 is 0. The van der Waals surface area contributed by atoms with Crippen LogP contribution in [0.2, 0.25) is 0 Å². The van der Waals surface area contributed by atoms with Crippen LogP contribution in [-0.2, 0) is 6.42 Å². The van der Waals surface area contributed by atoms with E-state index in [1.165, 1.54) is 0 Å². The van der Waals surface area contributed by atoms with E-state index in [1.54, 1.807) is 0 Å². The van der Waals surface area contributed by atoms with Gasteiger partial charge in [-0.2, -0.15) is 0 Å². The molecule has 0 bridgehead atoms. The molecule has 1 heterocycles. The van der Waals surface area contributed by atoms with Crippen LogP contribution in [0.1, 0.15) is 18.7 Å². The molecule has 3 heteroatoms. The van der Waals surface area contributed by atoms with Gasteiger partial charge in [-0.15, -0.1) is 10.2 Å². The molecule has 0 saturated carbocycles. The lowest BCUT2D eigenvalue weighted by atomic mass is 10.5. The normalized spacial score (nSPS) is 9.75. The van der Waals surface area contributed by atoms with Crippen molar-refractivity contribution in [3.8, 4) is 0 Å². The fourth-order valence-electron chi connectivity index (χ4n) is 0.431. The second-order valence-corrected chi connectivity index (χ2v) is 1.44. The van der Waals surface area contributed by atoms with Crippen molar-refractivity contribution in [1.29, 1.82) is 0 Å². The minimum atomic E-state index is 0.391. The molecule has 43 valence electrons. The van der Waals surface area contributed by atoms with Crippen molar-refractivity contribution in [2.24, 2.45) is 0 Å². The second-order valence-electron chi connectivity index (χ2n) is 1.44. The van der Waals surface area contributed by atoms with Gasteiger partial charge in [-0.05, 0) is 0 Å². The summed E-state index contributed by atoms with van der Waals surface area (Å²) in [6, 6.07) is 0. The maximum atomic E-state index is 4.90. The first-order chi connectivity index (χ1) is 3.83. The molecule has 0 amide bonds. The molecule has 0 aromatic carbocycles. The van der Waals surface area contributed by atoms with Crippen molar-refractivity contribution in [1.82, 2.24) is 10.2 Å². The Morgan fingerprint density at radius 2 is 2.38 bits per heavy atom. The Balaban J connectivity index is 2.84. The molecule has 1 rings (SSSR count). The van der Waals surface area contributed by atoms with Gasteiger partial charge < -0.3 is 4.42 Å². The maximum absolute atomic E-state index is 4.90. The Bertz CT molecular complexity index is 171. The Morgan fingerprint density at radius 1 is 1.62 bits per heavy atom. The lowest BCUT2D eigenvalue weighted by Gasteiger charge is -1.77. The highest BCUT2D eigenvalue weighted by Gasteiger charge is 1.95. The van der Waals surface area contributed by atoms with E-state index in [0.717, 1.165) is 6.42 Å². The topological polar surface area (TPSA) is 38.9 Å². The number of hydrogen-bond acceptors (Lipinski definition) is 3. The quantitative estimate of drug-likeness (QED) is 0.538. The predicted molar refractivity (Wildman–Crippen MR) is 28.1 cm³/mol. The van der Waals surface area contributed by atoms with E-state index in [4.69, 9.17) is 4.42 Å². The molecule has 1 aromatic heterocycles. The van der Waals surface area contributed by atoms with Crippen molar-refractivity contribution in [2.75, 3.05) is 0 Å². The average molecular weight is 111 g/mol. The number of nitrogens with zero attached hydrogens (tertiary/aromatic N) is 2. The number of aromatic nitrogens is 2. The van der Waals surface area contributed by atoms with Crippen molar-refractivity contribution >= 4 is 0 Å². The molecular weight excluding hydrogens is 104 g/mol. The lowest BCUT2D eigenvalue weighted by molar-refractivity contribution is 0.485. The van der Waals surface area contributed by atoms with Gasteiger partial charge in [0.15, 0.2) is 0 Å². The second kappa shape index (κ2) is 1.94. The molecule has 8 heavy (non-hydrogen) atoms. The van der Waals surface area contributed by atoms with Crippen LogP contribution in [0.5, 0.6) is 0 Å². The zero-order valence-electron chi connectivity index (χ0n) is 4.72. The summed E-state index contributed by atoms with van der Waals surface area (Å²) in [6.07, 6.45) is 0.780. The van der Waals surface area contributed by atoms with E-state index < -0.39 is 0 Å². The van der Waals surface area contributed by atoms with Crippen molar-refractivity contribution < 1.29 is 4.42 Å². The Labute approximate surface area is 47.7 Å². The van der Waals surface area contributed by atoms with E-state index >= 15 is 0 Å². The van der Waals surface area contributed by atoms with Crippen LogP contribution in [-0.4, -0.2) is 10.2 Å². The van der Waals surface area contributed by atoms with Crippen molar-refractivity contribution in [3.05, 3.63) is 18.7 Å². The molecule has 3 nitrogen and oxygen atoms in total. The van der Waals surface area contributed by atoms with Crippen LogP contribution in [0.3, 0.4) is 0 Å². The molecule has 0 fully saturated rings. The summed E-state index contributed by atoms with van der Waals surface area (Å²) in [6.45, 7) is 5.40. The fraction of sp³-hybridized carbons (Fsp3) is 0.400. The van der Waals surface area contributed by atoms with E-state index in [2.05, 4.69) is 17.1 Å². The monoisotopic (exact) mass is 111 g/mol. The predicted octanol–water partition coefficient (Wildman–Crippen LogP) is 0.814. The van der Waals surface area contributed by atoms with Gasteiger partial charge in [-0.25, -0.2) is 0 Å². The largest absolute Gasteiger partial charge is 0.425 e. The highest BCUT2D eigenvalue weighted by molar-refractivity contribution is 4.82. The molecule has 0 saturated heterocycles. The van der Waals surface area contributed by atoms with Crippen LogP contribution < -0.4 is 0 Å². The minimum Gasteiger partial charge on any atom is -0.425 e. The molecule has 0 unspecified atom stereocenters. The van der Waals surface area contributed by atoms with Gasteiger partial charge in [0.2, 0.25) is 11.8 Å². The number of rotatable bonds is 1. The number of hydrogen-bond donors (Lipinski definition) is 0. The van der Waals surface area contributed by atoms with Gasteiger partial charge in [0, 0.05) is 13.3 Å². The lowest BCUT2D eigenvalue weighted by Crippen LogP contribution is -1.76.